The lowest BCUT2D eigenvalue weighted by atomic mass is 10.0. The van der Waals surface area contributed by atoms with Crippen LogP contribution in [0, 0.1) is 5.92 Å². The third kappa shape index (κ3) is 6.59. The van der Waals surface area contributed by atoms with Crippen LogP contribution in [0.2, 0.25) is 0 Å². The van der Waals surface area contributed by atoms with Crippen LogP contribution in [0.1, 0.15) is 57.9 Å². The molecule has 2 fully saturated rings. The first kappa shape index (κ1) is 21.9. The molecule has 0 radical (unpaired) electrons. The Morgan fingerprint density at radius 1 is 1.03 bits per heavy atom. The molecule has 0 amide bonds. The molecule has 1 aromatic heterocycles. The minimum absolute atomic E-state index is 0.550. The van der Waals surface area contributed by atoms with Crippen LogP contribution in [-0.2, 0) is 6.54 Å². The summed E-state index contributed by atoms with van der Waals surface area (Å²) in [6.07, 6.45) is 9.89. The second kappa shape index (κ2) is 11.4. The maximum absolute atomic E-state index is 4.55. The molecular formula is C23H40N6. The summed E-state index contributed by atoms with van der Waals surface area (Å²) >= 11 is 0. The molecular weight excluding hydrogens is 360 g/mol. The third-order valence-corrected chi connectivity index (χ3v) is 6.28. The Labute approximate surface area is 177 Å². The SMILES string of the molecule is CN=C(NCc1ccnc(N2CCCC2)c1)NCC(C(C)C)N1CCCCCC1. The first-order valence-corrected chi connectivity index (χ1v) is 11.6. The van der Waals surface area contributed by atoms with Crippen molar-refractivity contribution < 1.29 is 0 Å². The normalized spacial score (nSPS) is 20.0. The number of rotatable bonds is 7. The fraction of sp³-hybridized carbons (Fsp3) is 0.739. The van der Waals surface area contributed by atoms with Crippen molar-refractivity contribution in [2.24, 2.45) is 10.9 Å². The molecule has 0 saturated carbocycles. The van der Waals surface area contributed by atoms with Crippen molar-refractivity contribution in [1.82, 2.24) is 20.5 Å². The number of likely N-dealkylation sites (tertiary alicyclic amines) is 1. The van der Waals surface area contributed by atoms with Crippen molar-refractivity contribution in [3.05, 3.63) is 23.9 Å². The molecule has 0 bridgehead atoms. The number of hydrogen-bond donors (Lipinski definition) is 2. The molecule has 2 aliphatic heterocycles. The lowest BCUT2D eigenvalue weighted by Gasteiger charge is -2.34. The van der Waals surface area contributed by atoms with Crippen LogP contribution in [-0.4, -0.2) is 61.7 Å². The zero-order chi connectivity index (χ0) is 20.5. The van der Waals surface area contributed by atoms with Gasteiger partial charge in [0.2, 0.25) is 0 Å². The Morgan fingerprint density at radius 2 is 1.72 bits per heavy atom. The molecule has 1 aromatic rings. The number of aromatic nitrogens is 1. The predicted molar refractivity (Wildman–Crippen MR) is 123 cm³/mol. The van der Waals surface area contributed by atoms with Gasteiger partial charge in [-0.25, -0.2) is 4.98 Å². The molecule has 29 heavy (non-hydrogen) atoms. The van der Waals surface area contributed by atoms with E-state index in [0.29, 0.717) is 12.0 Å². The molecule has 1 atom stereocenters. The topological polar surface area (TPSA) is 55.8 Å². The molecule has 1 unspecified atom stereocenters. The second-order valence-corrected chi connectivity index (χ2v) is 8.78. The lowest BCUT2D eigenvalue weighted by Crippen LogP contribution is -2.49. The first-order chi connectivity index (χ1) is 14.2. The van der Waals surface area contributed by atoms with E-state index in [9.17, 15) is 0 Å². The molecule has 162 valence electrons. The smallest absolute Gasteiger partial charge is 0.191 e. The van der Waals surface area contributed by atoms with Crippen LogP contribution in [0.15, 0.2) is 23.3 Å². The summed E-state index contributed by atoms with van der Waals surface area (Å²) in [6, 6.07) is 4.85. The van der Waals surface area contributed by atoms with Gasteiger partial charge < -0.3 is 15.5 Å². The number of hydrogen-bond acceptors (Lipinski definition) is 4. The van der Waals surface area contributed by atoms with E-state index >= 15 is 0 Å². The van der Waals surface area contributed by atoms with Crippen molar-refractivity contribution >= 4 is 11.8 Å². The van der Waals surface area contributed by atoms with Crippen LogP contribution in [0.4, 0.5) is 5.82 Å². The Bertz CT molecular complexity index is 630. The monoisotopic (exact) mass is 400 g/mol. The Balaban J connectivity index is 1.51. The number of nitrogens with zero attached hydrogens (tertiary/aromatic N) is 4. The zero-order valence-electron chi connectivity index (χ0n) is 18.7. The van der Waals surface area contributed by atoms with E-state index in [-0.39, 0.29) is 0 Å². The van der Waals surface area contributed by atoms with Gasteiger partial charge in [0.1, 0.15) is 5.82 Å². The minimum atomic E-state index is 0.550. The van der Waals surface area contributed by atoms with E-state index in [1.54, 1.807) is 0 Å². The van der Waals surface area contributed by atoms with Crippen LogP contribution < -0.4 is 15.5 Å². The van der Waals surface area contributed by atoms with Gasteiger partial charge in [0.15, 0.2) is 5.96 Å². The maximum Gasteiger partial charge on any atom is 0.191 e. The highest BCUT2D eigenvalue weighted by Gasteiger charge is 2.23. The first-order valence-electron chi connectivity index (χ1n) is 11.6. The molecule has 3 rings (SSSR count). The number of pyridine rings is 1. The molecule has 0 aliphatic carbocycles. The van der Waals surface area contributed by atoms with Crippen molar-refractivity contribution in [1.29, 1.82) is 0 Å². The quantitative estimate of drug-likeness (QED) is 0.544. The highest BCUT2D eigenvalue weighted by Crippen LogP contribution is 2.19. The Hall–Kier alpha value is -1.82. The molecule has 2 saturated heterocycles. The van der Waals surface area contributed by atoms with Gasteiger partial charge in [0.05, 0.1) is 0 Å². The van der Waals surface area contributed by atoms with Crippen molar-refractivity contribution in [3.63, 3.8) is 0 Å². The summed E-state index contributed by atoms with van der Waals surface area (Å²) in [4.78, 5) is 14.1. The van der Waals surface area contributed by atoms with Gasteiger partial charge >= 0.3 is 0 Å². The standard InChI is InChI=1S/C23H40N6/c1-19(2)21(28-12-6-4-5-7-13-28)18-27-23(24-3)26-17-20-10-11-25-22(16-20)29-14-8-9-15-29/h10-11,16,19,21H,4-9,12-15,17-18H2,1-3H3,(H2,24,26,27). The minimum Gasteiger partial charge on any atom is -0.357 e. The van der Waals surface area contributed by atoms with Crippen molar-refractivity contribution in [2.75, 3.05) is 44.7 Å². The van der Waals surface area contributed by atoms with Crippen LogP contribution >= 0.6 is 0 Å². The summed E-state index contributed by atoms with van der Waals surface area (Å²) in [7, 11) is 1.86. The van der Waals surface area contributed by atoms with E-state index in [1.807, 2.05) is 13.2 Å². The summed E-state index contributed by atoms with van der Waals surface area (Å²) in [5.41, 5.74) is 1.25. The Morgan fingerprint density at radius 3 is 2.38 bits per heavy atom. The summed E-state index contributed by atoms with van der Waals surface area (Å²) in [5, 5.41) is 7.07. The van der Waals surface area contributed by atoms with Gasteiger partial charge in [-0.05, 0) is 62.4 Å². The number of aliphatic imine (C=N–C) groups is 1. The zero-order valence-corrected chi connectivity index (χ0v) is 18.7. The molecule has 6 heteroatoms. The molecule has 2 aliphatic rings. The van der Waals surface area contributed by atoms with E-state index in [0.717, 1.165) is 38.0 Å². The average molecular weight is 401 g/mol. The number of nitrogens with one attached hydrogen (secondary N) is 2. The summed E-state index contributed by atoms with van der Waals surface area (Å²) in [5.74, 6) is 2.61. The molecule has 6 nitrogen and oxygen atoms in total. The van der Waals surface area contributed by atoms with Crippen LogP contribution in [0.25, 0.3) is 0 Å². The molecule has 3 heterocycles. The fourth-order valence-corrected chi connectivity index (χ4v) is 4.51. The lowest BCUT2D eigenvalue weighted by molar-refractivity contribution is 0.161. The van der Waals surface area contributed by atoms with Gasteiger partial charge in [-0.1, -0.05) is 26.7 Å². The van der Waals surface area contributed by atoms with E-state index in [4.69, 9.17) is 0 Å². The van der Waals surface area contributed by atoms with E-state index < -0.39 is 0 Å². The van der Waals surface area contributed by atoms with E-state index in [1.165, 1.54) is 57.2 Å². The molecule has 2 N–H and O–H groups in total. The highest BCUT2D eigenvalue weighted by atomic mass is 15.2. The predicted octanol–water partition coefficient (Wildman–Crippen LogP) is 3.25. The summed E-state index contributed by atoms with van der Waals surface area (Å²) in [6.45, 7) is 11.1. The summed E-state index contributed by atoms with van der Waals surface area (Å²) < 4.78 is 0. The average Bonchev–Trinajstić information content (AvgIpc) is 3.14. The molecule has 0 spiro atoms. The second-order valence-electron chi connectivity index (χ2n) is 8.78. The van der Waals surface area contributed by atoms with Crippen LogP contribution in [0.3, 0.4) is 0 Å². The number of guanidine groups is 1. The van der Waals surface area contributed by atoms with Gasteiger partial charge in [-0.2, -0.15) is 0 Å². The molecule has 0 aromatic carbocycles. The maximum atomic E-state index is 4.55. The fourth-order valence-electron chi connectivity index (χ4n) is 4.51. The van der Waals surface area contributed by atoms with Gasteiger partial charge in [-0.15, -0.1) is 0 Å². The van der Waals surface area contributed by atoms with Gasteiger partial charge in [0.25, 0.3) is 0 Å². The largest absolute Gasteiger partial charge is 0.357 e. The third-order valence-electron chi connectivity index (χ3n) is 6.28. The highest BCUT2D eigenvalue weighted by molar-refractivity contribution is 5.79. The van der Waals surface area contributed by atoms with Gasteiger partial charge in [-0.3, -0.25) is 9.89 Å². The van der Waals surface area contributed by atoms with Gasteiger partial charge in [0, 0.05) is 45.5 Å². The van der Waals surface area contributed by atoms with E-state index in [2.05, 4.69) is 56.4 Å². The van der Waals surface area contributed by atoms with Crippen molar-refractivity contribution in [2.45, 2.75) is 65.0 Å². The Kier molecular flexibility index (Phi) is 8.59. The number of anilines is 1. The van der Waals surface area contributed by atoms with Crippen molar-refractivity contribution in [3.8, 4) is 0 Å². The van der Waals surface area contributed by atoms with Crippen LogP contribution in [0.5, 0.6) is 0 Å².